The maximum Gasteiger partial charge on any atom is 0.194 e. The second kappa shape index (κ2) is 6.39. The number of halogens is 2. The summed E-state index contributed by atoms with van der Waals surface area (Å²) < 4.78 is 6.33. The second-order valence-electron chi connectivity index (χ2n) is 3.91. The number of ether oxygens (including phenoxy) is 1. The minimum atomic E-state index is -0.0773. The lowest BCUT2D eigenvalue weighted by Gasteiger charge is -2.06. The average Bonchev–Trinajstić information content (AvgIpc) is 2.42. The van der Waals surface area contributed by atoms with Gasteiger partial charge in [-0.1, -0.05) is 11.6 Å². The van der Waals surface area contributed by atoms with E-state index in [1.807, 2.05) is 13.0 Å². The molecular formula is C15H12ClIO2. The first-order chi connectivity index (χ1) is 9.11. The third kappa shape index (κ3) is 3.48. The van der Waals surface area contributed by atoms with Crippen molar-refractivity contribution in [2.75, 3.05) is 6.61 Å². The van der Waals surface area contributed by atoms with Crippen LogP contribution in [0.25, 0.3) is 0 Å². The molecule has 19 heavy (non-hydrogen) atoms. The maximum absolute atomic E-state index is 12.4. The van der Waals surface area contributed by atoms with Gasteiger partial charge in [-0.25, -0.2) is 0 Å². The minimum absolute atomic E-state index is 0.0773. The topological polar surface area (TPSA) is 26.3 Å². The van der Waals surface area contributed by atoms with Crippen LogP contribution in [-0.2, 0) is 0 Å². The summed E-state index contributed by atoms with van der Waals surface area (Å²) in [5, 5.41) is 0.472. The van der Waals surface area contributed by atoms with E-state index in [1.54, 1.807) is 36.4 Å². The Morgan fingerprint density at radius 1 is 1.21 bits per heavy atom. The first kappa shape index (κ1) is 14.3. The van der Waals surface area contributed by atoms with Crippen molar-refractivity contribution in [2.24, 2.45) is 0 Å². The zero-order valence-electron chi connectivity index (χ0n) is 10.3. The van der Waals surface area contributed by atoms with Crippen LogP contribution in [0.1, 0.15) is 22.8 Å². The van der Waals surface area contributed by atoms with E-state index in [4.69, 9.17) is 16.3 Å². The fraction of sp³-hybridized carbons (Fsp3) is 0.133. The van der Waals surface area contributed by atoms with E-state index in [0.29, 0.717) is 22.8 Å². The van der Waals surface area contributed by atoms with Crippen molar-refractivity contribution in [3.8, 4) is 5.75 Å². The molecule has 0 bridgehead atoms. The molecular weight excluding hydrogens is 375 g/mol. The Kier molecular flexibility index (Phi) is 4.82. The molecule has 0 amide bonds. The number of hydrogen-bond acceptors (Lipinski definition) is 2. The summed E-state index contributed by atoms with van der Waals surface area (Å²) in [5.41, 5.74) is 1.13. The Morgan fingerprint density at radius 3 is 2.53 bits per heavy atom. The average molecular weight is 387 g/mol. The van der Waals surface area contributed by atoms with Crippen molar-refractivity contribution in [1.29, 1.82) is 0 Å². The summed E-state index contributed by atoms with van der Waals surface area (Å²) in [7, 11) is 0. The first-order valence-corrected chi connectivity index (χ1v) is 7.30. The maximum atomic E-state index is 12.4. The van der Waals surface area contributed by atoms with Crippen molar-refractivity contribution in [3.05, 3.63) is 62.2 Å². The highest BCUT2D eigenvalue weighted by atomic mass is 127. The third-order valence-corrected chi connectivity index (χ3v) is 3.60. The summed E-state index contributed by atoms with van der Waals surface area (Å²) in [4.78, 5) is 12.4. The monoisotopic (exact) mass is 386 g/mol. The lowest BCUT2D eigenvalue weighted by atomic mass is 10.0. The van der Waals surface area contributed by atoms with Crippen LogP contribution in [-0.4, -0.2) is 12.4 Å². The molecule has 98 valence electrons. The van der Waals surface area contributed by atoms with E-state index in [1.165, 1.54) is 0 Å². The molecule has 0 spiro atoms. The zero-order chi connectivity index (χ0) is 13.8. The highest BCUT2D eigenvalue weighted by Gasteiger charge is 2.13. The van der Waals surface area contributed by atoms with Gasteiger partial charge < -0.3 is 4.74 Å². The molecule has 0 aliphatic heterocycles. The summed E-state index contributed by atoms with van der Waals surface area (Å²) >= 11 is 8.23. The number of rotatable bonds is 4. The molecule has 0 unspecified atom stereocenters. The lowest BCUT2D eigenvalue weighted by Crippen LogP contribution is -2.03. The van der Waals surface area contributed by atoms with Crippen molar-refractivity contribution in [2.45, 2.75) is 6.92 Å². The standard InChI is InChI=1S/C15H12ClIO2/c1-2-19-12-6-3-10(4-7-12)15(18)13-9-11(17)5-8-14(13)16/h3-9H,2H2,1H3. The quantitative estimate of drug-likeness (QED) is 0.568. The van der Waals surface area contributed by atoms with E-state index in [9.17, 15) is 4.79 Å². The van der Waals surface area contributed by atoms with Gasteiger partial charge in [0.1, 0.15) is 5.75 Å². The largest absolute Gasteiger partial charge is 0.494 e. The van der Waals surface area contributed by atoms with E-state index >= 15 is 0 Å². The molecule has 4 heteroatoms. The van der Waals surface area contributed by atoms with Gasteiger partial charge in [0.15, 0.2) is 5.78 Å². The van der Waals surface area contributed by atoms with E-state index in [-0.39, 0.29) is 5.78 Å². The van der Waals surface area contributed by atoms with Crippen molar-refractivity contribution in [3.63, 3.8) is 0 Å². The third-order valence-electron chi connectivity index (χ3n) is 2.60. The summed E-state index contributed by atoms with van der Waals surface area (Å²) in [6, 6.07) is 12.5. The summed E-state index contributed by atoms with van der Waals surface area (Å²) in [5.74, 6) is 0.680. The zero-order valence-corrected chi connectivity index (χ0v) is 13.2. The van der Waals surface area contributed by atoms with Gasteiger partial charge in [-0.3, -0.25) is 4.79 Å². The Balaban J connectivity index is 2.30. The van der Waals surface area contributed by atoms with Gasteiger partial charge in [0.2, 0.25) is 0 Å². The molecule has 2 aromatic carbocycles. The van der Waals surface area contributed by atoms with Crippen molar-refractivity contribution < 1.29 is 9.53 Å². The van der Waals surface area contributed by atoms with Gasteiger partial charge in [-0.05, 0) is 72.0 Å². The SMILES string of the molecule is CCOc1ccc(C(=O)c2cc(I)ccc2Cl)cc1. The smallest absolute Gasteiger partial charge is 0.194 e. The summed E-state index contributed by atoms with van der Waals surface area (Å²) in [6.45, 7) is 2.53. The van der Waals surface area contributed by atoms with Crippen LogP contribution >= 0.6 is 34.2 Å². The Hall–Kier alpha value is -1.07. The molecule has 0 radical (unpaired) electrons. The number of hydrogen-bond donors (Lipinski definition) is 0. The van der Waals surface area contributed by atoms with Crippen molar-refractivity contribution >= 4 is 40.0 Å². The predicted octanol–water partition coefficient (Wildman–Crippen LogP) is 4.57. The van der Waals surface area contributed by atoms with Crippen LogP contribution in [0.15, 0.2) is 42.5 Å². The molecule has 0 aliphatic carbocycles. The van der Waals surface area contributed by atoms with Gasteiger partial charge in [0.25, 0.3) is 0 Å². The molecule has 0 heterocycles. The van der Waals surface area contributed by atoms with E-state index < -0.39 is 0 Å². The number of carbonyl (C=O) groups is 1. The molecule has 0 N–H and O–H groups in total. The number of carbonyl (C=O) groups excluding carboxylic acids is 1. The molecule has 0 aromatic heterocycles. The first-order valence-electron chi connectivity index (χ1n) is 5.84. The molecule has 2 rings (SSSR count). The Labute approximate surface area is 130 Å². The van der Waals surface area contributed by atoms with Crippen LogP contribution in [0, 0.1) is 3.57 Å². The van der Waals surface area contributed by atoms with Gasteiger partial charge in [-0.2, -0.15) is 0 Å². The fourth-order valence-corrected chi connectivity index (χ4v) is 2.39. The molecule has 0 atom stereocenters. The van der Waals surface area contributed by atoms with Gasteiger partial charge >= 0.3 is 0 Å². The van der Waals surface area contributed by atoms with Crippen LogP contribution in [0.2, 0.25) is 5.02 Å². The Bertz CT molecular complexity index is 594. The minimum Gasteiger partial charge on any atom is -0.494 e. The molecule has 2 aromatic rings. The van der Waals surface area contributed by atoms with Gasteiger partial charge in [0.05, 0.1) is 11.6 Å². The number of benzene rings is 2. The Morgan fingerprint density at radius 2 is 1.89 bits per heavy atom. The van der Waals surface area contributed by atoms with Crippen LogP contribution in [0.5, 0.6) is 5.75 Å². The molecule has 0 saturated carbocycles. The van der Waals surface area contributed by atoms with Crippen LogP contribution < -0.4 is 4.74 Å². The van der Waals surface area contributed by atoms with E-state index in [0.717, 1.165) is 9.32 Å². The highest BCUT2D eigenvalue weighted by Crippen LogP contribution is 2.23. The molecule has 0 aliphatic rings. The highest BCUT2D eigenvalue weighted by molar-refractivity contribution is 14.1. The van der Waals surface area contributed by atoms with Crippen LogP contribution in [0.4, 0.5) is 0 Å². The van der Waals surface area contributed by atoms with Crippen molar-refractivity contribution in [1.82, 2.24) is 0 Å². The van der Waals surface area contributed by atoms with Gasteiger partial charge in [-0.15, -0.1) is 0 Å². The van der Waals surface area contributed by atoms with E-state index in [2.05, 4.69) is 22.6 Å². The number of ketones is 1. The fourth-order valence-electron chi connectivity index (χ4n) is 1.70. The molecule has 2 nitrogen and oxygen atoms in total. The van der Waals surface area contributed by atoms with Crippen LogP contribution in [0.3, 0.4) is 0 Å². The lowest BCUT2D eigenvalue weighted by molar-refractivity contribution is 0.103. The predicted molar refractivity (Wildman–Crippen MR) is 85.2 cm³/mol. The van der Waals surface area contributed by atoms with Gasteiger partial charge in [0, 0.05) is 14.7 Å². The second-order valence-corrected chi connectivity index (χ2v) is 5.56. The molecule has 0 fully saturated rings. The summed E-state index contributed by atoms with van der Waals surface area (Å²) in [6.07, 6.45) is 0. The molecule has 0 saturated heterocycles. The normalized spacial score (nSPS) is 10.3.